The number of nitrogens with one attached hydrogen (secondary N) is 1. The molecule has 0 fully saturated rings. The van der Waals surface area contributed by atoms with Crippen LogP contribution >= 0.6 is 11.3 Å². The van der Waals surface area contributed by atoms with E-state index in [4.69, 9.17) is 9.47 Å². The Morgan fingerprint density at radius 3 is 2.64 bits per heavy atom. The van der Waals surface area contributed by atoms with Gasteiger partial charge in [-0.05, 0) is 31.0 Å². The molecule has 25 heavy (non-hydrogen) atoms. The second-order valence-corrected chi connectivity index (χ2v) is 6.92. The number of ketones is 1. The number of carbonyl (C=O) groups excluding carboxylic acids is 2. The van der Waals surface area contributed by atoms with Crippen molar-refractivity contribution in [2.45, 2.75) is 27.2 Å². The molecular weight excluding hydrogens is 342 g/mol. The summed E-state index contributed by atoms with van der Waals surface area (Å²) in [6.07, 6.45) is 0.823. The predicted molar refractivity (Wildman–Crippen MR) is 95.6 cm³/mol. The zero-order valence-electron chi connectivity index (χ0n) is 14.7. The Bertz CT molecular complexity index is 758. The molecule has 134 valence electrons. The molecule has 1 aromatic carbocycles. The van der Waals surface area contributed by atoms with E-state index in [0.29, 0.717) is 28.1 Å². The van der Waals surface area contributed by atoms with Crippen molar-refractivity contribution in [2.24, 2.45) is 5.92 Å². The molecule has 0 aliphatic heterocycles. The number of hydrogen-bond donors (Lipinski definition) is 1. The lowest BCUT2D eigenvalue weighted by molar-refractivity contribution is -0.118. The molecule has 0 aliphatic carbocycles. The van der Waals surface area contributed by atoms with Crippen molar-refractivity contribution in [1.29, 1.82) is 0 Å². The minimum absolute atomic E-state index is 0.0731. The van der Waals surface area contributed by atoms with Gasteiger partial charge in [-0.3, -0.25) is 14.9 Å². The SMILES string of the molecule is COc1cc(C(C)=O)ccc1OCC(=O)Nc1nnc(CC(C)C)s1. The number of ether oxygens (including phenoxy) is 2. The van der Waals surface area contributed by atoms with Crippen molar-refractivity contribution >= 4 is 28.2 Å². The lowest BCUT2D eigenvalue weighted by Gasteiger charge is -2.11. The normalized spacial score (nSPS) is 10.6. The molecule has 0 aliphatic rings. The quantitative estimate of drug-likeness (QED) is 0.725. The molecule has 0 bridgehead atoms. The average molecular weight is 363 g/mol. The third-order valence-electron chi connectivity index (χ3n) is 3.22. The molecule has 0 atom stereocenters. The van der Waals surface area contributed by atoms with Gasteiger partial charge in [-0.2, -0.15) is 0 Å². The topological polar surface area (TPSA) is 90.4 Å². The van der Waals surface area contributed by atoms with E-state index < -0.39 is 0 Å². The number of nitrogens with zero attached hydrogens (tertiary/aromatic N) is 2. The van der Waals surface area contributed by atoms with E-state index in [1.165, 1.54) is 25.4 Å². The van der Waals surface area contributed by atoms with Crippen LogP contribution in [-0.4, -0.2) is 35.6 Å². The number of rotatable bonds is 8. The van der Waals surface area contributed by atoms with Gasteiger partial charge in [0.25, 0.3) is 5.91 Å². The van der Waals surface area contributed by atoms with Gasteiger partial charge in [0.15, 0.2) is 23.9 Å². The molecule has 8 heteroatoms. The van der Waals surface area contributed by atoms with E-state index in [2.05, 4.69) is 29.4 Å². The average Bonchev–Trinajstić information content (AvgIpc) is 2.98. The Balaban J connectivity index is 1.93. The van der Waals surface area contributed by atoms with Crippen LogP contribution in [0.15, 0.2) is 18.2 Å². The number of hydrogen-bond acceptors (Lipinski definition) is 7. The standard InChI is InChI=1S/C17H21N3O4S/c1-10(2)7-16-19-20-17(25-16)18-15(22)9-24-13-6-5-12(11(3)21)8-14(13)23-4/h5-6,8,10H,7,9H2,1-4H3,(H,18,20,22). The molecular formula is C17H21N3O4S. The summed E-state index contributed by atoms with van der Waals surface area (Å²) in [6.45, 7) is 5.46. The van der Waals surface area contributed by atoms with Crippen LogP contribution in [0.2, 0.25) is 0 Å². The monoisotopic (exact) mass is 363 g/mol. The highest BCUT2D eigenvalue weighted by atomic mass is 32.1. The number of Topliss-reactive ketones (excluding diaryl/α,β-unsaturated/α-hetero) is 1. The predicted octanol–water partition coefficient (Wildman–Crippen LogP) is 2.97. The molecule has 0 unspecified atom stereocenters. The first kappa shape index (κ1) is 18.9. The summed E-state index contributed by atoms with van der Waals surface area (Å²) in [5, 5.41) is 12.0. The third-order valence-corrected chi connectivity index (χ3v) is 4.09. The highest BCUT2D eigenvalue weighted by molar-refractivity contribution is 7.15. The van der Waals surface area contributed by atoms with Crippen LogP contribution in [0.4, 0.5) is 5.13 Å². The smallest absolute Gasteiger partial charge is 0.264 e. The maximum atomic E-state index is 12.0. The molecule has 2 aromatic rings. The lowest BCUT2D eigenvalue weighted by Crippen LogP contribution is -2.20. The number of aromatic nitrogens is 2. The molecule has 1 heterocycles. The van der Waals surface area contributed by atoms with Crippen molar-refractivity contribution in [3.63, 3.8) is 0 Å². The first-order valence-electron chi connectivity index (χ1n) is 7.83. The Labute approximate surface area is 150 Å². The Morgan fingerprint density at radius 2 is 2.00 bits per heavy atom. The van der Waals surface area contributed by atoms with Gasteiger partial charge in [0.2, 0.25) is 5.13 Å². The van der Waals surface area contributed by atoms with Crippen LogP contribution in [0.3, 0.4) is 0 Å². The summed E-state index contributed by atoms with van der Waals surface area (Å²) >= 11 is 1.35. The number of methoxy groups -OCH3 is 1. The van der Waals surface area contributed by atoms with Gasteiger partial charge in [-0.15, -0.1) is 10.2 Å². The number of benzene rings is 1. The minimum atomic E-state index is -0.343. The largest absolute Gasteiger partial charge is 0.493 e. The van der Waals surface area contributed by atoms with E-state index in [1.54, 1.807) is 18.2 Å². The Kier molecular flexibility index (Phi) is 6.46. The van der Waals surface area contributed by atoms with Crippen LogP contribution in [0.1, 0.15) is 36.1 Å². The highest BCUT2D eigenvalue weighted by Gasteiger charge is 2.12. The van der Waals surface area contributed by atoms with Gasteiger partial charge in [-0.1, -0.05) is 25.2 Å². The maximum Gasteiger partial charge on any atom is 0.264 e. The van der Waals surface area contributed by atoms with Gasteiger partial charge in [0, 0.05) is 12.0 Å². The first-order valence-corrected chi connectivity index (χ1v) is 8.64. The lowest BCUT2D eigenvalue weighted by atomic mass is 10.1. The minimum Gasteiger partial charge on any atom is -0.493 e. The summed E-state index contributed by atoms with van der Waals surface area (Å²) < 4.78 is 10.7. The fraction of sp³-hybridized carbons (Fsp3) is 0.412. The summed E-state index contributed by atoms with van der Waals surface area (Å²) in [5.74, 6) is 0.849. The number of carbonyl (C=O) groups is 2. The highest BCUT2D eigenvalue weighted by Crippen LogP contribution is 2.28. The van der Waals surface area contributed by atoms with E-state index in [9.17, 15) is 9.59 Å². The van der Waals surface area contributed by atoms with Crippen LogP contribution in [0.5, 0.6) is 11.5 Å². The molecule has 0 saturated carbocycles. The van der Waals surface area contributed by atoms with Gasteiger partial charge in [-0.25, -0.2) is 0 Å². The summed E-state index contributed by atoms with van der Waals surface area (Å²) in [4.78, 5) is 23.4. The molecule has 0 spiro atoms. The van der Waals surface area contributed by atoms with Crippen molar-refractivity contribution in [3.8, 4) is 11.5 Å². The van der Waals surface area contributed by atoms with E-state index in [1.807, 2.05) is 0 Å². The second-order valence-electron chi connectivity index (χ2n) is 5.86. The van der Waals surface area contributed by atoms with Crippen LogP contribution in [0.25, 0.3) is 0 Å². The van der Waals surface area contributed by atoms with Crippen LogP contribution < -0.4 is 14.8 Å². The molecule has 1 aromatic heterocycles. The number of anilines is 1. The van der Waals surface area contributed by atoms with Crippen molar-refractivity contribution in [3.05, 3.63) is 28.8 Å². The van der Waals surface area contributed by atoms with Gasteiger partial charge >= 0.3 is 0 Å². The fourth-order valence-electron chi connectivity index (χ4n) is 2.04. The zero-order valence-corrected chi connectivity index (χ0v) is 15.5. The van der Waals surface area contributed by atoms with Crippen molar-refractivity contribution < 1.29 is 19.1 Å². The Morgan fingerprint density at radius 1 is 1.24 bits per heavy atom. The Hall–Kier alpha value is -2.48. The molecule has 1 amide bonds. The summed E-state index contributed by atoms with van der Waals surface area (Å²) in [6, 6.07) is 4.81. The van der Waals surface area contributed by atoms with Gasteiger partial charge < -0.3 is 9.47 Å². The van der Waals surface area contributed by atoms with E-state index in [0.717, 1.165) is 11.4 Å². The molecule has 7 nitrogen and oxygen atoms in total. The van der Waals surface area contributed by atoms with Crippen LogP contribution in [0, 0.1) is 5.92 Å². The fourth-order valence-corrected chi connectivity index (χ4v) is 3.01. The zero-order chi connectivity index (χ0) is 18.4. The van der Waals surface area contributed by atoms with E-state index in [-0.39, 0.29) is 18.3 Å². The maximum absolute atomic E-state index is 12.0. The molecule has 2 rings (SSSR count). The van der Waals surface area contributed by atoms with Gasteiger partial charge in [0.1, 0.15) is 5.01 Å². The van der Waals surface area contributed by atoms with E-state index >= 15 is 0 Å². The number of amides is 1. The summed E-state index contributed by atoms with van der Waals surface area (Å²) in [5.41, 5.74) is 0.514. The first-order chi connectivity index (χ1) is 11.9. The molecule has 0 radical (unpaired) electrons. The van der Waals surface area contributed by atoms with Crippen LogP contribution in [-0.2, 0) is 11.2 Å². The molecule has 1 N–H and O–H groups in total. The summed E-state index contributed by atoms with van der Waals surface area (Å²) in [7, 11) is 1.48. The third kappa shape index (κ3) is 5.53. The van der Waals surface area contributed by atoms with Crippen molar-refractivity contribution in [1.82, 2.24) is 10.2 Å². The van der Waals surface area contributed by atoms with Gasteiger partial charge in [0.05, 0.1) is 7.11 Å². The molecule has 0 saturated heterocycles. The second kappa shape index (κ2) is 8.57. The van der Waals surface area contributed by atoms with Crippen molar-refractivity contribution in [2.75, 3.05) is 19.0 Å².